The van der Waals surface area contributed by atoms with Crippen LogP contribution in [0.15, 0.2) is 42.5 Å². The van der Waals surface area contributed by atoms with E-state index in [0.717, 1.165) is 18.5 Å². The first-order valence-electron chi connectivity index (χ1n) is 6.41. The Hall–Kier alpha value is -1.38. The van der Waals surface area contributed by atoms with Crippen molar-refractivity contribution in [1.29, 1.82) is 0 Å². The minimum Gasteiger partial charge on any atom is -0.309 e. The number of nitrogens with one attached hydrogen (secondary N) is 1. The molecule has 0 bridgehead atoms. The van der Waals surface area contributed by atoms with Crippen LogP contribution >= 0.6 is 11.6 Å². The highest BCUT2D eigenvalue weighted by Crippen LogP contribution is 2.14. The summed E-state index contributed by atoms with van der Waals surface area (Å²) in [6.07, 6.45) is 1.02. The van der Waals surface area contributed by atoms with E-state index >= 15 is 0 Å². The average Bonchev–Trinajstić information content (AvgIpc) is 2.38. The molecule has 0 spiro atoms. The molecule has 0 unspecified atom stereocenters. The minimum absolute atomic E-state index is 0.293. The van der Waals surface area contributed by atoms with Gasteiger partial charge in [-0.15, -0.1) is 0 Å². The van der Waals surface area contributed by atoms with E-state index in [-0.39, 0.29) is 5.82 Å². The minimum atomic E-state index is -0.293. The number of halogens is 2. The molecule has 0 fully saturated rings. The molecule has 0 saturated carbocycles. The zero-order chi connectivity index (χ0) is 13.7. The van der Waals surface area contributed by atoms with E-state index in [9.17, 15) is 4.39 Å². The van der Waals surface area contributed by atoms with E-state index in [1.807, 2.05) is 6.07 Å². The Morgan fingerprint density at radius 2 is 1.79 bits per heavy atom. The van der Waals surface area contributed by atoms with Gasteiger partial charge in [-0.3, -0.25) is 0 Å². The van der Waals surface area contributed by atoms with Crippen LogP contribution in [0, 0.1) is 5.82 Å². The summed E-state index contributed by atoms with van der Waals surface area (Å²) < 4.78 is 13.2. The molecular weight excluding hydrogens is 261 g/mol. The van der Waals surface area contributed by atoms with Gasteiger partial charge in [0.1, 0.15) is 5.82 Å². The third-order valence-corrected chi connectivity index (χ3v) is 3.28. The van der Waals surface area contributed by atoms with Crippen molar-refractivity contribution in [3.05, 3.63) is 70.0 Å². The summed E-state index contributed by atoms with van der Waals surface area (Å²) in [4.78, 5) is 0. The Bertz CT molecular complexity index is 534. The molecule has 1 N–H and O–H groups in total. The van der Waals surface area contributed by atoms with Gasteiger partial charge in [0.25, 0.3) is 0 Å². The predicted octanol–water partition coefficient (Wildman–Crippen LogP) is 4.33. The Morgan fingerprint density at radius 3 is 2.47 bits per heavy atom. The number of aryl methyl sites for hydroxylation is 1. The van der Waals surface area contributed by atoms with Crippen molar-refractivity contribution in [1.82, 2.24) is 5.32 Å². The summed E-state index contributed by atoms with van der Waals surface area (Å²) in [5.41, 5.74) is 3.48. The van der Waals surface area contributed by atoms with Gasteiger partial charge >= 0.3 is 0 Å². The Balaban J connectivity index is 1.96. The molecule has 2 aromatic carbocycles. The van der Waals surface area contributed by atoms with Crippen molar-refractivity contribution >= 4 is 11.6 Å². The number of hydrogen-bond acceptors (Lipinski definition) is 1. The van der Waals surface area contributed by atoms with Crippen molar-refractivity contribution in [2.75, 3.05) is 0 Å². The van der Waals surface area contributed by atoms with Gasteiger partial charge in [0.15, 0.2) is 0 Å². The van der Waals surface area contributed by atoms with Gasteiger partial charge in [0, 0.05) is 18.1 Å². The van der Waals surface area contributed by atoms with E-state index < -0.39 is 0 Å². The van der Waals surface area contributed by atoms with Gasteiger partial charge in [-0.25, -0.2) is 4.39 Å². The largest absolute Gasteiger partial charge is 0.309 e. The molecule has 0 aliphatic rings. The standard InChI is InChI=1S/C16H17ClFN/c1-2-13-5-3-4-6-14(13)11-19-10-12-7-15(17)9-16(18)8-12/h3-9,19H,2,10-11H2,1H3. The average molecular weight is 278 g/mol. The van der Waals surface area contributed by atoms with Crippen LogP contribution in [0.2, 0.25) is 5.02 Å². The second kappa shape index (κ2) is 6.69. The molecule has 2 aromatic rings. The fourth-order valence-corrected chi connectivity index (χ4v) is 2.37. The second-order valence-electron chi connectivity index (χ2n) is 4.50. The molecule has 0 aliphatic carbocycles. The van der Waals surface area contributed by atoms with Crippen molar-refractivity contribution in [3.63, 3.8) is 0 Å². The lowest BCUT2D eigenvalue weighted by molar-refractivity contribution is 0.620. The van der Waals surface area contributed by atoms with Crippen molar-refractivity contribution in [2.24, 2.45) is 0 Å². The van der Waals surface area contributed by atoms with Crippen LogP contribution in [0.25, 0.3) is 0 Å². The highest BCUT2D eigenvalue weighted by molar-refractivity contribution is 6.30. The van der Waals surface area contributed by atoms with Gasteiger partial charge in [-0.1, -0.05) is 42.8 Å². The molecular formula is C16H17ClFN. The maximum absolute atomic E-state index is 13.2. The fourth-order valence-electron chi connectivity index (χ4n) is 2.13. The lowest BCUT2D eigenvalue weighted by atomic mass is 10.1. The number of rotatable bonds is 5. The van der Waals surface area contributed by atoms with E-state index in [4.69, 9.17) is 11.6 Å². The molecule has 0 radical (unpaired) electrons. The molecule has 1 nitrogen and oxygen atoms in total. The molecule has 0 heterocycles. The van der Waals surface area contributed by atoms with Crippen LogP contribution < -0.4 is 5.32 Å². The Kier molecular flexibility index (Phi) is 4.94. The molecule has 0 atom stereocenters. The normalized spacial score (nSPS) is 10.7. The maximum atomic E-state index is 13.2. The lowest BCUT2D eigenvalue weighted by Crippen LogP contribution is -2.14. The molecule has 19 heavy (non-hydrogen) atoms. The Morgan fingerprint density at radius 1 is 1.05 bits per heavy atom. The smallest absolute Gasteiger partial charge is 0.125 e. The number of hydrogen-bond donors (Lipinski definition) is 1. The monoisotopic (exact) mass is 277 g/mol. The number of benzene rings is 2. The highest BCUT2D eigenvalue weighted by Gasteiger charge is 2.01. The van der Waals surface area contributed by atoms with Crippen LogP contribution in [-0.4, -0.2) is 0 Å². The summed E-state index contributed by atoms with van der Waals surface area (Å²) in [6, 6.07) is 12.9. The Labute approximate surface area is 118 Å². The summed E-state index contributed by atoms with van der Waals surface area (Å²) in [6.45, 7) is 3.53. The lowest BCUT2D eigenvalue weighted by Gasteiger charge is -2.09. The predicted molar refractivity (Wildman–Crippen MR) is 77.8 cm³/mol. The summed E-state index contributed by atoms with van der Waals surface area (Å²) in [7, 11) is 0. The summed E-state index contributed by atoms with van der Waals surface area (Å²) >= 11 is 5.83. The molecule has 2 rings (SSSR count). The van der Waals surface area contributed by atoms with E-state index in [1.165, 1.54) is 23.3 Å². The topological polar surface area (TPSA) is 12.0 Å². The van der Waals surface area contributed by atoms with E-state index in [2.05, 4.69) is 30.4 Å². The highest BCUT2D eigenvalue weighted by atomic mass is 35.5. The zero-order valence-corrected chi connectivity index (χ0v) is 11.7. The molecule has 3 heteroatoms. The first-order chi connectivity index (χ1) is 9.19. The first-order valence-corrected chi connectivity index (χ1v) is 6.79. The van der Waals surface area contributed by atoms with Crippen molar-refractivity contribution in [2.45, 2.75) is 26.4 Å². The molecule has 0 aliphatic heterocycles. The van der Waals surface area contributed by atoms with E-state index in [0.29, 0.717) is 11.6 Å². The van der Waals surface area contributed by atoms with Crippen molar-refractivity contribution < 1.29 is 4.39 Å². The van der Waals surface area contributed by atoms with Crippen molar-refractivity contribution in [3.8, 4) is 0 Å². The summed E-state index contributed by atoms with van der Waals surface area (Å²) in [5, 5.41) is 3.76. The molecule has 0 amide bonds. The summed E-state index contributed by atoms with van der Waals surface area (Å²) in [5.74, 6) is -0.293. The molecule has 100 valence electrons. The van der Waals surface area contributed by atoms with Gasteiger partial charge in [-0.2, -0.15) is 0 Å². The maximum Gasteiger partial charge on any atom is 0.125 e. The van der Waals surface area contributed by atoms with Gasteiger partial charge < -0.3 is 5.32 Å². The zero-order valence-electron chi connectivity index (χ0n) is 10.9. The first kappa shape index (κ1) is 14.0. The van der Waals surface area contributed by atoms with Crippen LogP contribution in [-0.2, 0) is 19.5 Å². The fraction of sp³-hybridized carbons (Fsp3) is 0.250. The third-order valence-electron chi connectivity index (χ3n) is 3.07. The molecule has 0 aromatic heterocycles. The van der Waals surface area contributed by atoms with Crippen LogP contribution in [0.4, 0.5) is 4.39 Å². The van der Waals surface area contributed by atoms with Crippen LogP contribution in [0.1, 0.15) is 23.6 Å². The molecule has 0 saturated heterocycles. The van der Waals surface area contributed by atoms with E-state index in [1.54, 1.807) is 6.07 Å². The van der Waals surface area contributed by atoms with Gasteiger partial charge in [0.05, 0.1) is 0 Å². The SMILES string of the molecule is CCc1ccccc1CNCc1cc(F)cc(Cl)c1. The second-order valence-corrected chi connectivity index (χ2v) is 4.94. The third kappa shape index (κ3) is 4.05. The van der Waals surface area contributed by atoms with Gasteiger partial charge in [-0.05, 0) is 41.3 Å². The van der Waals surface area contributed by atoms with Crippen LogP contribution in [0.5, 0.6) is 0 Å². The van der Waals surface area contributed by atoms with Gasteiger partial charge in [0.2, 0.25) is 0 Å². The van der Waals surface area contributed by atoms with Crippen LogP contribution in [0.3, 0.4) is 0 Å². The quantitative estimate of drug-likeness (QED) is 0.858.